The summed E-state index contributed by atoms with van der Waals surface area (Å²) in [5, 5.41) is 0. The van der Waals surface area contributed by atoms with E-state index in [4.69, 9.17) is 33.2 Å². The molecule has 9 heteroatoms. The highest BCUT2D eigenvalue weighted by atomic mass is 16.6. The van der Waals surface area contributed by atoms with Gasteiger partial charge in [-0.15, -0.1) is 0 Å². The second kappa shape index (κ2) is 25.7. The molecule has 0 aliphatic rings. The van der Waals surface area contributed by atoms with Crippen LogP contribution in [0.3, 0.4) is 0 Å². The van der Waals surface area contributed by atoms with Gasteiger partial charge in [0.1, 0.15) is 19.0 Å². The zero-order valence-electron chi connectivity index (χ0n) is 25.8. The van der Waals surface area contributed by atoms with Crippen LogP contribution in [-0.2, 0) is 39.6 Å². The maximum Gasteiger partial charge on any atom is 0.379 e. The molecule has 0 unspecified atom stereocenters. The minimum atomic E-state index is -0.889. The molecular weight excluding hydrogens is 552 g/mol. The van der Waals surface area contributed by atoms with Crippen molar-refractivity contribution in [3.8, 4) is 5.75 Å². The largest absolute Gasteiger partial charge is 0.491 e. The molecule has 43 heavy (non-hydrogen) atoms. The molecule has 240 valence electrons. The van der Waals surface area contributed by atoms with E-state index in [0.717, 1.165) is 12.2 Å². The van der Waals surface area contributed by atoms with Gasteiger partial charge in [0.2, 0.25) is 0 Å². The van der Waals surface area contributed by atoms with E-state index in [9.17, 15) is 9.59 Å². The molecule has 0 fully saturated rings. The van der Waals surface area contributed by atoms with Gasteiger partial charge in [-0.1, -0.05) is 81.5 Å². The number of carbonyl (C=O) groups excluding carboxylic acids is 2. The SMILES string of the molecule is CCCCCCCCc1ccc(OCCOCCOCCOCCOCCOCCOC(=O)C(=O)c2ccccc2)cc1. The third-order valence-electron chi connectivity index (χ3n) is 6.41. The average Bonchev–Trinajstić information content (AvgIpc) is 3.04. The van der Waals surface area contributed by atoms with Gasteiger partial charge in [0.25, 0.3) is 5.78 Å². The lowest BCUT2D eigenvalue weighted by atomic mass is 10.0. The number of rotatable bonds is 28. The minimum absolute atomic E-state index is 0.00710. The molecule has 0 heterocycles. The van der Waals surface area contributed by atoms with Crippen LogP contribution in [0.1, 0.15) is 61.4 Å². The molecule has 2 rings (SSSR count). The highest BCUT2D eigenvalue weighted by Gasteiger charge is 2.17. The Balaban J connectivity index is 1.27. The Kier molecular flexibility index (Phi) is 21.7. The van der Waals surface area contributed by atoms with Crippen LogP contribution in [0.2, 0.25) is 0 Å². The molecule has 0 aromatic heterocycles. The van der Waals surface area contributed by atoms with E-state index >= 15 is 0 Å². The number of hydrogen-bond acceptors (Lipinski definition) is 9. The molecule has 9 nitrogen and oxygen atoms in total. The van der Waals surface area contributed by atoms with Crippen molar-refractivity contribution in [1.29, 1.82) is 0 Å². The quantitative estimate of drug-likeness (QED) is 0.0543. The maximum atomic E-state index is 11.9. The van der Waals surface area contributed by atoms with Crippen LogP contribution in [0.25, 0.3) is 0 Å². The lowest BCUT2D eigenvalue weighted by Gasteiger charge is -2.09. The summed E-state index contributed by atoms with van der Waals surface area (Å²) >= 11 is 0. The van der Waals surface area contributed by atoms with Gasteiger partial charge in [-0.05, 0) is 30.5 Å². The summed E-state index contributed by atoms with van der Waals surface area (Å²) in [5.41, 5.74) is 1.67. The summed E-state index contributed by atoms with van der Waals surface area (Å²) in [6, 6.07) is 16.7. The van der Waals surface area contributed by atoms with Crippen molar-refractivity contribution in [3.63, 3.8) is 0 Å². The molecule has 2 aromatic rings. The summed E-state index contributed by atoms with van der Waals surface area (Å²) in [6.45, 7) is 7.07. The number of carbonyl (C=O) groups is 2. The monoisotopic (exact) mass is 602 g/mol. The number of benzene rings is 2. The second-order valence-corrected chi connectivity index (χ2v) is 9.90. The van der Waals surface area contributed by atoms with Gasteiger partial charge in [0.15, 0.2) is 0 Å². The molecule has 0 N–H and O–H groups in total. The fourth-order valence-electron chi connectivity index (χ4n) is 4.03. The van der Waals surface area contributed by atoms with Crippen LogP contribution in [0.5, 0.6) is 5.75 Å². The van der Waals surface area contributed by atoms with Crippen molar-refractivity contribution in [2.24, 2.45) is 0 Å². The van der Waals surface area contributed by atoms with E-state index in [1.165, 1.54) is 44.1 Å². The molecule has 2 aromatic carbocycles. The van der Waals surface area contributed by atoms with Crippen molar-refractivity contribution in [1.82, 2.24) is 0 Å². The number of ether oxygens (including phenoxy) is 7. The zero-order chi connectivity index (χ0) is 30.6. The van der Waals surface area contributed by atoms with Gasteiger partial charge >= 0.3 is 5.97 Å². The van der Waals surface area contributed by atoms with E-state index < -0.39 is 11.8 Å². The number of aryl methyl sites for hydroxylation is 1. The van der Waals surface area contributed by atoms with Gasteiger partial charge in [-0.3, -0.25) is 4.79 Å². The van der Waals surface area contributed by atoms with Crippen molar-refractivity contribution in [3.05, 3.63) is 65.7 Å². The summed E-state index contributed by atoms with van der Waals surface area (Å²) < 4.78 is 38.0. The van der Waals surface area contributed by atoms with Gasteiger partial charge in [-0.25, -0.2) is 4.79 Å². The predicted molar refractivity (Wildman–Crippen MR) is 165 cm³/mol. The lowest BCUT2D eigenvalue weighted by Crippen LogP contribution is -2.20. The van der Waals surface area contributed by atoms with Gasteiger partial charge in [0, 0.05) is 5.56 Å². The topological polar surface area (TPSA) is 98.8 Å². The van der Waals surface area contributed by atoms with E-state index in [-0.39, 0.29) is 13.2 Å². The summed E-state index contributed by atoms with van der Waals surface area (Å²) in [5.74, 6) is -0.685. The molecule has 0 saturated carbocycles. The van der Waals surface area contributed by atoms with E-state index in [2.05, 4.69) is 19.1 Å². The fourth-order valence-corrected chi connectivity index (χ4v) is 4.03. The van der Waals surface area contributed by atoms with Gasteiger partial charge in [-0.2, -0.15) is 0 Å². The van der Waals surface area contributed by atoms with Crippen molar-refractivity contribution < 1.29 is 42.7 Å². The molecule has 0 amide bonds. The number of ketones is 1. The first-order valence-electron chi connectivity index (χ1n) is 15.6. The Labute approximate surface area is 257 Å². The first-order chi connectivity index (χ1) is 21.2. The first kappa shape index (κ1) is 36.4. The molecule has 0 bridgehead atoms. The molecule has 0 spiro atoms. The third-order valence-corrected chi connectivity index (χ3v) is 6.41. The van der Waals surface area contributed by atoms with E-state index in [0.29, 0.717) is 71.6 Å². The standard InChI is InChI=1S/C34H50O9/c1-2-3-4-5-6-8-11-30-14-16-32(17-15-30)42-28-26-40-24-22-38-20-18-37-19-21-39-23-25-41-27-29-43-34(36)33(35)31-12-9-7-10-13-31/h7,9-10,12-17H,2-6,8,11,18-29H2,1H3. The van der Waals surface area contributed by atoms with E-state index in [1.807, 2.05) is 12.1 Å². The molecule has 0 saturated heterocycles. The summed E-state index contributed by atoms with van der Waals surface area (Å²) in [6.07, 6.45) is 9.04. The minimum Gasteiger partial charge on any atom is -0.491 e. The second-order valence-electron chi connectivity index (χ2n) is 9.90. The fraction of sp³-hybridized carbons (Fsp3) is 0.588. The Morgan fingerprint density at radius 2 is 1.02 bits per heavy atom. The highest BCUT2D eigenvalue weighted by Crippen LogP contribution is 2.15. The molecule has 0 atom stereocenters. The number of Topliss-reactive ketones (excluding diaryl/α,β-unsaturated/α-hetero) is 1. The predicted octanol–water partition coefficient (Wildman–Crippen LogP) is 5.48. The van der Waals surface area contributed by atoms with Crippen LogP contribution >= 0.6 is 0 Å². The Morgan fingerprint density at radius 1 is 0.535 bits per heavy atom. The molecule has 0 aliphatic carbocycles. The Morgan fingerprint density at radius 3 is 1.58 bits per heavy atom. The van der Waals surface area contributed by atoms with Crippen LogP contribution < -0.4 is 4.74 Å². The molecular formula is C34H50O9. The molecule has 0 radical (unpaired) electrons. The Bertz CT molecular complexity index is 950. The van der Waals surface area contributed by atoms with Crippen molar-refractivity contribution in [2.45, 2.75) is 51.9 Å². The lowest BCUT2D eigenvalue weighted by molar-refractivity contribution is -0.139. The zero-order valence-corrected chi connectivity index (χ0v) is 25.8. The highest BCUT2D eigenvalue weighted by molar-refractivity contribution is 6.40. The smallest absolute Gasteiger partial charge is 0.379 e. The van der Waals surface area contributed by atoms with Gasteiger partial charge in [0.05, 0.1) is 66.1 Å². The Hall–Kier alpha value is -2.82. The third kappa shape index (κ3) is 19.2. The summed E-state index contributed by atoms with van der Waals surface area (Å²) in [7, 11) is 0. The van der Waals surface area contributed by atoms with Crippen molar-refractivity contribution >= 4 is 11.8 Å². The van der Waals surface area contributed by atoms with Crippen LogP contribution in [0.15, 0.2) is 54.6 Å². The van der Waals surface area contributed by atoms with Gasteiger partial charge < -0.3 is 33.2 Å². The van der Waals surface area contributed by atoms with Crippen LogP contribution in [-0.4, -0.2) is 91.0 Å². The number of hydrogen-bond donors (Lipinski definition) is 0. The van der Waals surface area contributed by atoms with Crippen LogP contribution in [0.4, 0.5) is 0 Å². The normalized spacial score (nSPS) is 11.0. The van der Waals surface area contributed by atoms with Crippen molar-refractivity contribution in [2.75, 3.05) is 79.3 Å². The molecule has 0 aliphatic heterocycles. The summed E-state index contributed by atoms with van der Waals surface area (Å²) in [4.78, 5) is 23.6. The number of esters is 1. The maximum absolute atomic E-state index is 11.9. The first-order valence-corrected chi connectivity index (χ1v) is 15.6. The van der Waals surface area contributed by atoms with E-state index in [1.54, 1.807) is 30.3 Å². The van der Waals surface area contributed by atoms with Crippen LogP contribution in [0, 0.1) is 0 Å². The average molecular weight is 603 g/mol. The number of unbranched alkanes of at least 4 members (excludes halogenated alkanes) is 5.